The molecular formula is C15H25N3O. The van der Waals surface area contributed by atoms with Gasteiger partial charge in [-0.15, -0.1) is 0 Å². The molecule has 0 spiro atoms. The summed E-state index contributed by atoms with van der Waals surface area (Å²) in [6.45, 7) is 10.1. The maximum atomic E-state index is 5.51. The average Bonchev–Trinajstić information content (AvgIpc) is 2.45. The van der Waals surface area contributed by atoms with Crippen molar-refractivity contribution in [2.75, 3.05) is 31.2 Å². The van der Waals surface area contributed by atoms with Gasteiger partial charge in [0.1, 0.15) is 5.82 Å². The summed E-state index contributed by atoms with van der Waals surface area (Å²) in [6.07, 6.45) is 3.03. The summed E-state index contributed by atoms with van der Waals surface area (Å²) in [5.41, 5.74) is 1.28. The Morgan fingerprint density at radius 1 is 1.58 bits per heavy atom. The van der Waals surface area contributed by atoms with Crippen molar-refractivity contribution < 1.29 is 4.74 Å². The van der Waals surface area contributed by atoms with Crippen LogP contribution in [-0.4, -0.2) is 37.3 Å². The van der Waals surface area contributed by atoms with Crippen molar-refractivity contribution in [3.63, 3.8) is 0 Å². The van der Waals surface area contributed by atoms with Gasteiger partial charge in [-0.3, -0.25) is 0 Å². The zero-order valence-corrected chi connectivity index (χ0v) is 12.2. The average molecular weight is 263 g/mol. The van der Waals surface area contributed by atoms with Gasteiger partial charge in [-0.05, 0) is 32.9 Å². The van der Waals surface area contributed by atoms with Gasteiger partial charge < -0.3 is 15.0 Å². The zero-order valence-electron chi connectivity index (χ0n) is 12.2. The molecule has 1 saturated heterocycles. The highest BCUT2D eigenvalue weighted by Gasteiger charge is 2.23. The van der Waals surface area contributed by atoms with Crippen LogP contribution in [0.25, 0.3) is 0 Å². The fourth-order valence-electron chi connectivity index (χ4n) is 2.50. The van der Waals surface area contributed by atoms with Gasteiger partial charge in [-0.2, -0.15) is 0 Å². The Morgan fingerprint density at radius 3 is 3.16 bits per heavy atom. The van der Waals surface area contributed by atoms with E-state index in [0.717, 1.165) is 38.5 Å². The molecule has 1 fully saturated rings. The molecule has 0 aliphatic carbocycles. The smallest absolute Gasteiger partial charge is 0.133 e. The molecular weight excluding hydrogens is 238 g/mol. The van der Waals surface area contributed by atoms with Crippen LogP contribution in [0.1, 0.15) is 38.8 Å². The first kappa shape index (κ1) is 14.3. The number of rotatable bonds is 5. The van der Waals surface area contributed by atoms with Crippen LogP contribution >= 0.6 is 0 Å². The number of hydrogen-bond acceptors (Lipinski definition) is 4. The summed E-state index contributed by atoms with van der Waals surface area (Å²) < 4.78 is 5.51. The minimum atomic E-state index is 0.332. The highest BCUT2D eigenvalue weighted by Crippen LogP contribution is 2.26. The van der Waals surface area contributed by atoms with Crippen molar-refractivity contribution in [1.29, 1.82) is 0 Å². The Labute approximate surface area is 116 Å². The molecule has 2 unspecified atom stereocenters. The molecule has 0 aromatic carbocycles. The van der Waals surface area contributed by atoms with Gasteiger partial charge in [0.05, 0.1) is 19.3 Å². The summed E-state index contributed by atoms with van der Waals surface area (Å²) >= 11 is 0. The van der Waals surface area contributed by atoms with Gasteiger partial charge in [0.2, 0.25) is 0 Å². The topological polar surface area (TPSA) is 37.4 Å². The molecule has 1 aliphatic rings. The standard InChI is InChI=1S/C15H25N3O/c1-4-7-16-13(3)14-6-5-8-17-15(14)18-9-10-19-11-12(18)2/h5-6,8,12-13,16H,4,7,9-11H2,1-3H3. The molecule has 19 heavy (non-hydrogen) atoms. The first-order valence-electron chi connectivity index (χ1n) is 7.26. The maximum absolute atomic E-state index is 5.51. The number of anilines is 1. The van der Waals surface area contributed by atoms with Crippen LogP contribution in [0.5, 0.6) is 0 Å². The summed E-state index contributed by atoms with van der Waals surface area (Å²) in [5, 5.41) is 3.54. The van der Waals surface area contributed by atoms with Crippen LogP contribution in [0.2, 0.25) is 0 Å². The zero-order chi connectivity index (χ0) is 13.7. The van der Waals surface area contributed by atoms with E-state index in [1.54, 1.807) is 0 Å². The van der Waals surface area contributed by atoms with E-state index >= 15 is 0 Å². The first-order valence-corrected chi connectivity index (χ1v) is 7.26. The molecule has 0 saturated carbocycles. The van der Waals surface area contributed by atoms with Crippen LogP contribution in [0.15, 0.2) is 18.3 Å². The molecule has 0 radical (unpaired) electrons. The summed E-state index contributed by atoms with van der Waals surface area (Å²) in [4.78, 5) is 6.98. The van der Waals surface area contributed by atoms with Crippen LogP contribution in [0.4, 0.5) is 5.82 Å². The maximum Gasteiger partial charge on any atom is 0.133 e. The van der Waals surface area contributed by atoms with E-state index in [2.05, 4.69) is 42.0 Å². The number of morpholine rings is 1. The van der Waals surface area contributed by atoms with Crippen molar-refractivity contribution in [3.8, 4) is 0 Å². The monoisotopic (exact) mass is 263 g/mol. The Bertz CT molecular complexity index is 397. The molecule has 2 rings (SSSR count). The Balaban J connectivity index is 2.19. The van der Waals surface area contributed by atoms with E-state index in [4.69, 9.17) is 4.74 Å². The molecule has 1 N–H and O–H groups in total. The highest BCUT2D eigenvalue weighted by atomic mass is 16.5. The van der Waals surface area contributed by atoms with E-state index in [0.29, 0.717) is 12.1 Å². The van der Waals surface area contributed by atoms with Crippen LogP contribution < -0.4 is 10.2 Å². The van der Waals surface area contributed by atoms with Crippen LogP contribution in [-0.2, 0) is 4.74 Å². The SMILES string of the molecule is CCCNC(C)c1cccnc1N1CCOCC1C. The van der Waals surface area contributed by atoms with Gasteiger partial charge >= 0.3 is 0 Å². The first-order chi connectivity index (χ1) is 9.24. The van der Waals surface area contributed by atoms with Gasteiger partial charge in [0.15, 0.2) is 0 Å². The Kier molecular flexibility index (Phi) is 5.16. The number of nitrogens with one attached hydrogen (secondary N) is 1. The molecule has 4 heteroatoms. The fraction of sp³-hybridized carbons (Fsp3) is 0.667. The molecule has 4 nitrogen and oxygen atoms in total. The van der Waals surface area contributed by atoms with Crippen molar-refractivity contribution in [3.05, 3.63) is 23.9 Å². The molecule has 2 atom stereocenters. The number of pyridine rings is 1. The lowest BCUT2D eigenvalue weighted by atomic mass is 10.1. The van der Waals surface area contributed by atoms with Crippen LogP contribution in [0.3, 0.4) is 0 Å². The van der Waals surface area contributed by atoms with Crippen molar-refractivity contribution >= 4 is 5.82 Å². The fourth-order valence-corrected chi connectivity index (χ4v) is 2.50. The molecule has 1 aromatic rings. The molecule has 106 valence electrons. The van der Waals surface area contributed by atoms with Crippen molar-refractivity contribution in [2.45, 2.75) is 39.3 Å². The molecule has 1 aliphatic heterocycles. The predicted octanol–water partition coefficient (Wildman–Crippen LogP) is 2.37. The van der Waals surface area contributed by atoms with E-state index in [-0.39, 0.29) is 0 Å². The molecule has 0 bridgehead atoms. The van der Waals surface area contributed by atoms with E-state index in [9.17, 15) is 0 Å². The second-order valence-electron chi connectivity index (χ2n) is 5.21. The van der Waals surface area contributed by atoms with E-state index < -0.39 is 0 Å². The number of ether oxygens (including phenoxy) is 1. The third kappa shape index (κ3) is 3.45. The summed E-state index contributed by atoms with van der Waals surface area (Å²) in [5.74, 6) is 1.11. The summed E-state index contributed by atoms with van der Waals surface area (Å²) in [6, 6.07) is 4.92. The second kappa shape index (κ2) is 6.87. The number of nitrogens with zero attached hydrogens (tertiary/aromatic N) is 2. The normalized spacial score (nSPS) is 21.4. The quantitative estimate of drug-likeness (QED) is 0.885. The number of aromatic nitrogens is 1. The van der Waals surface area contributed by atoms with Gasteiger partial charge in [0.25, 0.3) is 0 Å². The van der Waals surface area contributed by atoms with Crippen LogP contribution in [0, 0.1) is 0 Å². The predicted molar refractivity (Wildman–Crippen MR) is 78.6 cm³/mol. The van der Waals surface area contributed by atoms with Gasteiger partial charge in [-0.1, -0.05) is 13.0 Å². The molecule has 1 aromatic heterocycles. The van der Waals surface area contributed by atoms with Gasteiger partial charge in [0, 0.05) is 24.3 Å². The third-order valence-corrected chi connectivity index (χ3v) is 3.62. The number of hydrogen-bond donors (Lipinski definition) is 1. The summed E-state index contributed by atoms with van der Waals surface area (Å²) in [7, 11) is 0. The lowest BCUT2D eigenvalue weighted by Crippen LogP contribution is -2.45. The lowest BCUT2D eigenvalue weighted by Gasteiger charge is -2.36. The van der Waals surface area contributed by atoms with Crippen molar-refractivity contribution in [1.82, 2.24) is 10.3 Å². The van der Waals surface area contributed by atoms with E-state index in [1.165, 1.54) is 5.56 Å². The Morgan fingerprint density at radius 2 is 2.42 bits per heavy atom. The minimum absolute atomic E-state index is 0.332. The van der Waals surface area contributed by atoms with Gasteiger partial charge in [-0.25, -0.2) is 4.98 Å². The largest absolute Gasteiger partial charge is 0.377 e. The second-order valence-corrected chi connectivity index (χ2v) is 5.21. The highest BCUT2D eigenvalue weighted by molar-refractivity contribution is 5.49. The van der Waals surface area contributed by atoms with E-state index in [1.807, 2.05) is 12.3 Å². The minimum Gasteiger partial charge on any atom is -0.377 e. The molecule has 2 heterocycles. The molecule has 0 amide bonds. The Hall–Kier alpha value is -1.13. The lowest BCUT2D eigenvalue weighted by molar-refractivity contribution is 0.0984. The van der Waals surface area contributed by atoms with Crippen molar-refractivity contribution in [2.24, 2.45) is 0 Å². The third-order valence-electron chi connectivity index (χ3n) is 3.62.